The quantitative estimate of drug-likeness (QED) is 0.570. The molecule has 7 heteroatoms. The second kappa shape index (κ2) is 9.90. The van der Waals surface area contributed by atoms with Crippen molar-refractivity contribution in [2.24, 2.45) is 5.92 Å². The Bertz CT molecular complexity index is 1090. The number of likely N-dealkylation sites (tertiary alicyclic amines) is 1. The first-order valence-electron chi connectivity index (χ1n) is 11.3. The number of nitrogens with one attached hydrogen (secondary N) is 2. The van der Waals surface area contributed by atoms with Gasteiger partial charge in [-0.2, -0.15) is 0 Å². The molecule has 4 rings (SSSR count). The standard InChI is InChI=1S/C26H30N4O3/c1-17(2)23(29-26(32)33-3)25(31)30-15-7-10-22(30)24-27-16-21(28-24)20-13-11-19(12-14-20)18-8-5-4-6-9-18/h4-6,8-9,11-14,16-17,22-23H,7,10,15H2,1-3H3,(H,27,28)(H,29,32)/t22-,23-/m0/s1. The summed E-state index contributed by atoms with van der Waals surface area (Å²) < 4.78 is 4.70. The van der Waals surface area contributed by atoms with Gasteiger partial charge in [0.05, 0.1) is 25.0 Å². The van der Waals surface area contributed by atoms with E-state index < -0.39 is 12.1 Å². The van der Waals surface area contributed by atoms with Crippen LogP contribution in [0.1, 0.15) is 38.6 Å². The van der Waals surface area contributed by atoms with Gasteiger partial charge in [0.2, 0.25) is 5.91 Å². The molecule has 0 bridgehead atoms. The van der Waals surface area contributed by atoms with Crippen LogP contribution in [0.5, 0.6) is 0 Å². The molecule has 172 valence electrons. The van der Waals surface area contributed by atoms with Crippen molar-refractivity contribution < 1.29 is 14.3 Å². The monoisotopic (exact) mass is 446 g/mol. The zero-order valence-corrected chi connectivity index (χ0v) is 19.2. The fraction of sp³-hybridized carbons (Fsp3) is 0.346. The number of hydrogen-bond donors (Lipinski definition) is 2. The highest BCUT2D eigenvalue weighted by Gasteiger charge is 2.37. The molecule has 2 amide bonds. The van der Waals surface area contributed by atoms with Gasteiger partial charge in [0, 0.05) is 6.54 Å². The van der Waals surface area contributed by atoms with Crippen LogP contribution >= 0.6 is 0 Å². The number of amides is 2. The fourth-order valence-electron chi connectivity index (χ4n) is 4.32. The normalized spacial score (nSPS) is 16.6. The molecule has 0 saturated carbocycles. The zero-order chi connectivity index (χ0) is 23.4. The van der Waals surface area contributed by atoms with Crippen LogP contribution in [0.4, 0.5) is 4.79 Å². The Balaban J connectivity index is 1.51. The van der Waals surface area contributed by atoms with Crippen LogP contribution in [-0.4, -0.2) is 46.6 Å². The second-order valence-corrected chi connectivity index (χ2v) is 8.67. The summed E-state index contributed by atoms with van der Waals surface area (Å²) in [5, 5.41) is 2.68. The Kier molecular flexibility index (Phi) is 6.77. The van der Waals surface area contributed by atoms with Crippen LogP contribution in [0.3, 0.4) is 0 Å². The molecule has 2 N–H and O–H groups in total. The fourth-order valence-corrected chi connectivity index (χ4v) is 4.32. The third-order valence-corrected chi connectivity index (χ3v) is 6.14. The van der Waals surface area contributed by atoms with E-state index in [2.05, 4.69) is 51.7 Å². The number of carbonyl (C=O) groups excluding carboxylic acids is 2. The van der Waals surface area contributed by atoms with Crippen LogP contribution in [0, 0.1) is 5.92 Å². The van der Waals surface area contributed by atoms with Gasteiger partial charge in [-0.1, -0.05) is 68.4 Å². The number of rotatable bonds is 6. The van der Waals surface area contributed by atoms with Crippen molar-refractivity contribution in [3.63, 3.8) is 0 Å². The SMILES string of the molecule is COC(=O)N[C@H](C(=O)N1CCC[C@H]1c1ncc(-c2ccc(-c3ccccc3)cc2)[nH]1)C(C)C. The zero-order valence-electron chi connectivity index (χ0n) is 19.2. The predicted octanol–water partition coefficient (Wildman–Crippen LogP) is 4.79. The lowest BCUT2D eigenvalue weighted by molar-refractivity contribution is -0.135. The van der Waals surface area contributed by atoms with Gasteiger partial charge < -0.3 is 19.9 Å². The van der Waals surface area contributed by atoms with Crippen molar-refractivity contribution >= 4 is 12.0 Å². The molecule has 1 saturated heterocycles. The molecule has 1 fully saturated rings. The first-order chi connectivity index (χ1) is 16.0. The maximum atomic E-state index is 13.3. The van der Waals surface area contributed by atoms with Crippen molar-refractivity contribution in [1.29, 1.82) is 0 Å². The molecule has 0 aliphatic carbocycles. The predicted molar refractivity (Wildman–Crippen MR) is 127 cm³/mol. The first kappa shape index (κ1) is 22.6. The summed E-state index contributed by atoms with van der Waals surface area (Å²) in [5.74, 6) is 0.597. The van der Waals surface area contributed by atoms with Crippen molar-refractivity contribution in [2.45, 2.75) is 38.8 Å². The van der Waals surface area contributed by atoms with E-state index in [0.717, 1.165) is 35.5 Å². The Labute approximate surface area is 194 Å². The van der Waals surface area contributed by atoms with Gasteiger partial charge in [-0.3, -0.25) is 4.79 Å². The maximum absolute atomic E-state index is 13.3. The van der Waals surface area contributed by atoms with Crippen LogP contribution in [0.15, 0.2) is 60.8 Å². The Hall–Kier alpha value is -3.61. The van der Waals surface area contributed by atoms with Crippen molar-refractivity contribution in [1.82, 2.24) is 20.2 Å². The number of H-pyrrole nitrogens is 1. The van der Waals surface area contributed by atoms with Gasteiger partial charge in [0.25, 0.3) is 0 Å². The van der Waals surface area contributed by atoms with Gasteiger partial charge >= 0.3 is 6.09 Å². The molecule has 7 nitrogen and oxygen atoms in total. The van der Waals surface area contributed by atoms with Gasteiger partial charge in [0.1, 0.15) is 11.9 Å². The van der Waals surface area contributed by atoms with Gasteiger partial charge in [-0.05, 0) is 35.4 Å². The highest BCUT2D eigenvalue weighted by atomic mass is 16.5. The van der Waals surface area contributed by atoms with Crippen LogP contribution in [-0.2, 0) is 9.53 Å². The van der Waals surface area contributed by atoms with Gasteiger partial charge in [-0.25, -0.2) is 9.78 Å². The molecule has 33 heavy (non-hydrogen) atoms. The molecule has 1 aliphatic rings. The highest BCUT2D eigenvalue weighted by molar-refractivity contribution is 5.86. The summed E-state index contributed by atoms with van der Waals surface area (Å²) in [6.45, 7) is 4.46. The minimum absolute atomic E-state index is 0.0619. The lowest BCUT2D eigenvalue weighted by Gasteiger charge is -2.30. The second-order valence-electron chi connectivity index (χ2n) is 8.67. The molecule has 2 atom stereocenters. The number of ether oxygens (including phenoxy) is 1. The van der Waals surface area contributed by atoms with Crippen LogP contribution < -0.4 is 5.32 Å². The third kappa shape index (κ3) is 4.92. The molecule has 2 heterocycles. The van der Waals surface area contributed by atoms with Crippen molar-refractivity contribution in [3.8, 4) is 22.4 Å². The number of aromatic amines is 1. The third-order valence-electron chi connectivity index (χ3n) is 6.14. The average molecular weight is 447 g/mol. The van der Waals surface area contributed by atoms with E-state index in [9.17, 15) is 9.59 Å². The first-order valence-corrected chi connectivity index (χ1v) is 11.3. The molecule has 0 unspecified atom stereocenters. The van der Waals surface area contributed by atoms with Crippen LogP contribution in [0.2, 0.25) is 0 Å². The Morgan fingerprint density at radius 3 is 2.39 bits per heavy atom. The number of imidazole rings is 1. The Morgan fingerprint density at radius 2 is 1.73 bits per heavy atom. The Morgan fingerprint density at radius 1 is 1.06 bits per heavy atom. The lowest BCUT2D eigenvalue weighted by Crippen LogP contribution is -2.51. The summed E-state index contributed by atoms with van der Waals surface area (Å²) in [5.41, 5.74) is 4.29. The lowest BCUT2D eigenvalue weighted by atomic mass is 10.0. The molecular formula is C26H30N4O3. The van der Waals surface area contributed by atoms with Gasteiger partial charge in [0.15, 0.2) is 0 Å². The van der Waals surface area contributed by atoms with E-state index in [4.69, 9.17) is 4.74 Å². The van der Waals surface area contributed by atoms with E-state index in [-0.39, 0.29) is 17.9 Å². The topological polar surface area (TPSA) is 87.3 Å². The van der Waals surface area contributed by atoms with E-state index in [1.807, 2.05) is 43.1 Å². The molecule has 0 spiro atoms. The molecular weight excluding hydrogens is 416 g/mol. The maximum Gasteiger partial charge on any atom is 0.407 e. The van der Waals surface area contributed by atoms with E-state index in [1.54, 1.807) is 0 Å². The number of aromatic nitrogens is 2. The molecule has 2 aromatic carbocycles. The number of benzene rings is 2. The summed E-state index contributed by atoms with van der Waals surface area (Å²) in [6.07, 6.45) is 2.94. The molecule has 1 aromatic heterocycles. The van der Waals surface area contributed by atoms with Gasteiger partial charge in [-0.15, -0.1) is 0 Å². The van der Waals surface area contributed by atoms with E-state index in [0.29, 0.717) is 6.54 Å². The van der Waals surface area contributed by atoms with Crippen molar-refractivity contribution in [2.75, 3.05) is 13.7 Å². The smallest absolute Gasteiger partial charge is 0.407 e. The minimum atomic E-state index is -0.641. The summed E-state index contributed by atoms with van der Waals surface area (Å²) in [7, 11) is 1.30. The largest absolute Gasteiger partial charge is 0.453 e. The number of carbonyl (C=O) groups is 2. The molecule has 3 aromatic rings. The summed E-state index contributed by atoms with van der Waals surface area (Å²) >= 11 is 0. The average Bonchev–Trinajstić information content (AvgIpc) is 3.52. The van der Waals surface area contributed by atoms with E-state index in [1.165, 1.54) is 12.7 Å². The van der Waals surface area contributed by atoms with Crippen molar-refractivity contribution in [3.05, 3.63) is 66.6 Å². The van der Waals surface area contributed by atoms with E-state index >= 15 is 0 Å². The molecule has 0 radical (unpaired) electrons. The highest BCUT2D eigenvalue weighted by Crippen LogP contribution is 2.33. The number of alkyl carbamates (subject to hydrolysis) is 1. The number of hydrogen-bond acceptors (Lipinski definition) is 4. The van der Waals surface area contributed by atoms with Crippen LogP contribution in [0.25, 0.3) is 22.4 Å². The molecule has 1 aliphatic heterocycles. The minimum Gasteiger partial charge on any atom is -0.453 e. The summed E-state index contributed by atoms with van der Waals surface area (Å²) in [4.78, 5) is 34.9. The summed E-state index contributed by atoms with van der Waals surface area (Å²) in [6, 6.07) is 17.8. The number of methoxy groups -OCH3 is 1. The number of nitrogens with zero attached hydrogens (tertiary/aromatic N) is 2.